The van der Waals surface area contributed by atoms with Crippen LogP contribution in [-0.4, -0.2) is 76.2 Å². The van der Waals surface area contributed by atoms with Gasteiger partial charge in [0.05, 0.1) is 39.0 Å². The van der Waals surface area contributed by atoms with E-state index in [4.69, 9.17) is 14.2 Å². The zero-order chi connectivity index (χ0) is 26.8. The Morgan fingerprint density at radius 1 is 0.789 bits per heavy atom. The number of amides is 2. The van der Waals surface area contributed by atoms with Gasteiger partial charge in [0, 0.05) is 38.8 Å². The Bertz CT molecular complexity index is 1330. The highest BCUT2D eigenvalue weighted by atomic mass is 16.5. The molecule has 0 spiro atoms. The molecular formula is C30H33N3O5. The topological polar surface area (TPSA) is 71.6 Å². The molecule has 8 heteroatoms. The molecule has 0 unspecified atom stereocenters. The van der Waals surface area contributed by atoms with Crippen LogP contribution in [0.15, 0.2) is 66.7 Å². The third-order valence-corrected chi connectivity index (χ3v) is 7.61. The number of hydrogen-bond donors (Lipinski definition) is 0. The molecule has 2 heterocycles. The number of nitrogens with zero attached hydrogens (tertiary/aromatic N) is 3. The summed E-state index contributed by atoms with van der Waals surface area (Å²) in [6, 6.07) is 20.5. The third-order valence-electron chi connectivity index (χ3n) is 7.61. The van der Waals surface area contributed by atoms with Crippen molar-refractivity contribution in [2.24, 2.45) is 0 Å². The van der Waals surface area contributed by atoms with Crippen LogP contribution in [-0.2, 0) is 4.79 Å². The summed E-state index contributed by atoms with van der Waals surface area (Å²) in [6.45, 7) is 2.53. The summed E-state index contributed by atoms with van der Waals surface area (Å²) >= 11 is 0. The van der Waals surface area contributed by atoms with E-state index >= 15 is 0 Å². The molecule has 3 aromatic rings. The van der Waals surface area contributed by atoms with Gasteiger partial charge in [0.25, 0.3) is 5.91 Å². The molecule has 5 rings (SSSR count). The first kappa shape index (κ1) is 25.4. The van der Waals surface area contributed by atoms with Gasteiger partial charge < -0.3 is 28.9 Å². The molecule has 0 N–H and O–H groups in total. The zero-order valence-electron chi connectivity index (χ0n) is 22.2. The number of fused-ring (bicyclic) bond motifs is 1. The molecule has 2 amide bonds. The zero-order valence-corrected chi connectivity index (χ0v) is 22.2. The van der Waals surface area contributed by atoms with Gasteiger partial charge in [-0.2, -0.15) is 0 Å². The van der Waals surface area contributed by atoms with Gasteiger partial charge in [0.2, 0.25) is 5.91 Å². The number of carbonyl (C=O) groups is 2. The van der Waals surface area contributed by atoms with Crippen molar-refractivity contribution in [2.75, 3.05) is 59.5 Å². The van der Waals surface area contributed by atoms with Gasteiger partial charge >= 0.3 is 0 Å². The predicted octanol–water partition coefficient (Wildman–Crippen LogP) is 3.97. The second-order valence-corrected chi connectivity index (χ2v) is 9.52. The van der Waals surface area contributed by atoms with Crippen LogP contribution in [0.3, 0.4) is 0 Å². The summed E-state index contributed by atoms with van der Waals surface area (Å²) in [4.78, 5) is 33.5. The maximum absolute atomic E-state index is 14.3. The standard InChI is InChI=1S/C30H33N3O5/c1-31-28(20-13-14-25(37-3)26(19-20)38-4)27(21-9-5-6-10-22(21)29(31)34)30(35)33-17-15-32(16-18-33)23-11-7-8-12-24(23)36-2/h5-14,19,27-28H,15-18H2,1-4H3/t27-,28+/m0/s1. The molecule has 0 radical (unpaired) electrons. The lowest BCUT2D eigenvalue weighted by molar-refractivity contribution is -0.134. The fourth-order valence-corrected chi connectivity index (χ4v) is 5.65. The number of rotatable bonds is 6. The molecule has 198 valence electrons. The van der Waals surface area contributed by atoms with E-state index in [2.05, 4.69) is 4.90 Å². The highest BCUT2D eigenvalue weighted by Gasteiger charge is 2.44. The van der Waals surface area contributed by atoms with Gasteiger partial charge in [-0.1, -0.05) is 36.4 Å². The quantitative estimate of drug-likeness (QED) is 0.495. The number of carbonyl (C=O) groups excluding carboxylic acids is 2. The minimum absolute atomic E-state index is 0.0104. The fraction of sp³-hybridized carbons (Fsp3) is 0.333. The van der Waals surface area contributed by atoms with Crippen LogP contribution in [0.2, 0.25) is 0 Å². The molecule has 0 aromatic heterocycles. The first-order chi connectivity index (χ1) is 18.5. The normalized spacial score (nSPS) is 19.2. The van der Waals surface area contributed by atoms with E-state index in [0.717, 1.165) is 22.6 Å². The second-order valence-electron chi connectivity index (χ2n) is 9.52. The average Bonchev–Trinajstić information content (AvgIpc) is 2.98. The number of likely N-dealkylation sites (N-methyl/N-ethyl adjacent to an activating group) is 1. The van der Waals surface area contributed by atoms with Crippen molar-refractivity contribution in [2.45, 2.75) is 12.0 Å². The summed E-state index contributed by atoms with van der Waals surface area (Å²) in [6.07, 6.45) is 0. The minimum atomic E-state index is -0.551. The molecule has 2 aliphatic rings. The Balaban J connectivity index is 1.48. The molecule has 0 saturated carbocycles. The van der Waals surface area contributed by atoms with Gasteiger partial charge in [0.15, 0.2) is 11.5 Å². The SMILES string of the molecule is COc1ccc([C@@H]2[C@@H](C(=O)N3CCN(c4ccccc4OC)CC3)c3ccccc3C(=O)N2C)cc1OC. The van der Waals surface area contributed by atoms with Crippen molar-refractivity contribution in [1.29, 1.82) is 0 Å². The van der Waals surface area contributed by atoms with Gasteiger partial charge in [-0.15, -0.1) is 0 Å². The third kappa shape index (κ3) is 4.40. The van der Waals surface area contributed by atoms with Crippen LogP contribution in [0.1, 0.15) is 33.4 Å². The van der Waals surface area contributed by atoms with Crippen LogP contribution in [0.25, 0.3) is 0 Å². The van der Waals surface area contributed by atoms with E-state index in [9.17, 15) is 9.59 Å². The van der Waals surface area contributed by atoms with Crippen LogP contribution in [0, 0.1) is 0 Å². The first-order valence-corrected chi connectivity index (χ1v) is 12.7. The number of anilines is 1. The smallest absolute Gasteiger partial charge is 0.254 e. The molecule has 38 heavy (non-hydrogen) atoms. The highest BCUT2D eigenvalue weighted by Crippen LogP contribution is 2.45. The van der Waals surface area contributed by atoms with Crippen LogP contribution in [0.5, 0.6) is 17.2 Å². The van der Waals surface area contributed by atoms with E-state index in [-0.39, 0.29) is 11.8 Å². The van der Waals surface area contributed by atoms with Crippen molar-refractivity contribution in [3.8, 4) is 17.2 Å². The number of methoxy groups -OCH3 is 3. The molecule has 0 aliphatic carbocycles. The van der Waals surface area contributed by atoms with Gasteiger partial charge in [-0.3, -0.25) is 9.59 Å². The van der Waals surface area contributed by atoms with Crippen molar-refractivity contribution in [1.82, 2.24) is 9.80 Å². The maximum Gasteiger partial charge on any atom is 0.254 e. The summed E-state index contributed by atoms with van der Waals surface area (Å²) in [5.41, 5.74) is 3.17. The average molecular weight is 516 g/mol. The Morgan fingerprint density at radius 2 is 1.45 bits per heavy atom. The monoisotopic (exact) mass is 515 g/mol. The van der Waals surface area contributed by atoms with Gasteiger partial charge in [-0.05, 0) is 41.5 Å². The molecule has 2 aliphatic heterocycles. The van der Waals surface area contributed by atoms with Crippen LogP contribution in [0.4, 0.5) is 5.69 Å². The number of hydrogen-bond acceptors (Lipinski definition) is 6. The lowest BCUT2D eigenvalue weighted by Crippen LogP contribution is -2.53. The van der Waals surface area contributed by atoms with E-state index < -0.39 is 12.0 Å². The van der Waals surface area contributed by atoms with Crippen molar-refractivity contribution in [3.05, 3.63) is 83.4 Å². The fourth-order valence-electron chi connectivity index (χ4n) is 5.65. The van der Waals surface area contributed by atoms with Gasteiger partial charge in [0.1, 0.15) is 5.75 Å². The number of piperazine rings is 1. The van der Waals surface area contributed by atoms with Crippen LogP contribution < -0.4 is 19.1 Å². The molecular weight excluding hydrogens is 482 g/mol. The van der Waals surface area contributed by atoms with E-state index in [1.807, 2.05) is 65.6 Å². The summed E-state index contributed by atoms with van der Waals surface area (Å²) in [5.74, 6) is 1.33. The summed E-state index contributed by atoms with van der Waals surface area (Å²) < 4.78 is 16.5. The van der Waals surface area contributed by atoms with Crippen molar-refractivity contribution >= 4 is 17.5 Å². The largest absolute Gasteiger partial charge is 0.495 e. The Labute approximate surface area is 223 Å². The lowest BCUT2D eigenvalue weighted by Gasteiger charge is -2.43. The molecule has 1 saturated heterocycles. The van der Waals surface area contributed by atoms with Gasteiger partial charge in [-0.25, -0.2) is 0 Å². The number of benzene rings is 3. The minimum Gasteiger partial charge on any atom is -0.495 e. The first-order valence-electron chi connectivity index (χ1n) is 12.7. The number of ether oxygens (including phenoxy) is 3. The van der Waals surface area contributed by atoms with E-state index in [0.29, 0.717) is 43.2 Å². The Morgan fingerprint density at radius 3 is 2.16 bits per heavy atom. The van der Waals surface area contributed by atoms with Crippen molar-refractivity contribution in [3.63, 3.8) is 0 Å². The summed E-state index contributed by atoms with van der Waals surface area (Å²) in [5, 5.41) is 0. The second kappa shape index (κ2) is 10.7. The predicted molar refractivity (Wildman–Crippen MR) is 145 cm³/mol. The van der Waals surface area contributed by atoms with E-state index in [1.54, 1.807) is 39.3 Å². The van der Waals surface area contributed by atoms with Crippen molar-refractivity contribution < 1.29 is 23.8 Å². The lowest BCUT2D eigenvalue weighted by atomic mass is 9.79. The van der Waals surface area contributed by atoms with E-state index in [1.165, 1.54) is 0 Å². The maximum atomic E-state index is 14.3. The van der Waals surface area contributed by atoms with Crippen LogP contribution >= 0.6 is 0 Å². The molecule has 1 fully saturated rings. The highest BCUT2D eigenvalue weighted by molar-refractivity contribution is 6.01. The summed E-state index contributed by atoms with van der Waals surface area (Å²) in [7, 11) is 6.60. The number of para-hydroxylation sites is 2. The Hall–Kier alpha value is -4.20. The molecule has 8 nitrogen and oxygen atoms in total. The molecule has 3 aromatic carbocycles. The molecule has 2 atom stereocenters. The Kier molecular flexibility index (Phi) is 7.13. The molecule has 0 bridgehead atoms.